The fourth-order valence-electron chi connectivity index (χ4n) is 2.80. The van der Waals surface area contributed by atoms with E-state index in [4.69, 9.17) is 15.2 Å². The summed E-state index contributed by atoms with van der Waals surface area (Å²) in [4.78, 5) is 2.46. The molecule has 1 saturated heterocycles. The van der Waals surface area contributed by atoms with Gasteiger partial charge in [-0.25, -0.2) is 0 Å². The lowest BCUT2D eigenvalue weighted by Gasteiger charge is -2.41. The average Bonchev–Trinajstić information content (AvgIpc) is 2.34. The van der Waals surface area contributed by atoms with Crippen molar-refractivity contribution in [1.82, 2.24) is 4.90 Å². The van der Waals surface area contributed by atoms with Crippen LogP contribution in [0.5, 0.6) is 5.75 Å². The van der Waals surface area contributed by atoms with E-state index in [0.717, 1.165) is 44.1 Å². The van der Waals surface area contributed by atoms with Gasteiger partial charge in [0.25, 0.3) is 0 Å². The normalized spacial score (nSPS) is 22.6. The Balaban J connectivity index is 1.69. The van der Waals surface area contributed by atoms with Crippen LogP contribution in [0.15, 0.2) is 24.3 Å². The van der Waals surface area contributed by atoms with Crippen LogP contribution in [0.3, 0.4) is 0 Å². The monoisotopic (exact) mass is 278 g/mol. The third kappa shape index (κ3) is 4.69. The van der Waals surface area contributed by atoms with Gasteiger partial charge in [-0.1, -0.05) is 0 Å². The molecule has 0 radical (unpaired) electrons. The molecule has 1 unspecified atom stereocenters. The van der Waals surface area contributed by atoms with E-state index in [0.29, 0.717) is 6.10 Å². The molecule has 0 amide bonds. The molecule has 1 aromatic rings. The van der Waals surface area contributed by atoms with Gasteiger partial charge in [0.1, 0.15) is 5.75 Å². The number of nitrogens with zero attached hydrogens (tertiary/aromatic N) is 1. The Kier molecular flexibility index (Phi) is 4.89. The molecular formula is C16H26N2O2. The summed E-state index contributed by atoms with van der Waals surface area (Å²) >= 11 is 0. The molecule has 1 fully saturated rings. The van der Waals surface area contributed by atoms with Crippen molar-refractivity contribution in [2.45, 2.75) is 38.9 Å². The summed E-state index contributed by atoms with van der Waals surface area (Å²) in [6, 6.07) is 7.55. The summed E-state index contributed by atoms with van der Waals surface area (Å²) in [5.41, 5.74) is 6.36. The number of nitrogen functional groups attached to an aromatic ring is 1. The number of anilines is 1. The van der Waals surface area contributed by atoms with E-state index >= 15 is 0 Å². The summed E-state index contributed by atoms with van der Waals surface area (Å²) in [6.45, 7) is 10.2. The molecule has 1 aliphatic rings. The first-order chi connectivity index (χ1) is 9.44. The minimum Gasteiger partial charge on any atom is -0.494 e. The Morgan fingerprint density at radius 2 is 2.05 bits per heavy atom. The van der Waals surface area contributed by atoms with Crippen LogP contribution < -0.4 is 10.5 Å². The second-order valence-electron chi connectivity index (χ2n) is 6.19. The van der Waals surface area contributed by atoms with Gasteiger partial charge in [0.15, 0.2) is 0 Å². The molecule has 1 heterocycles. The van der Waals surface area contributed by atoms with Gasteiger partial charge in [0.2, 0.25) is 0 Å². The summed E-state index contributed by atoms with van der Waals surface area (Å²) in [5, 5.41) is 0. The number of ether oxygens (including phenoxy) is 2. The highest BCUT2D eigenvalue weighted by Gasteiger charge is 2.30. The Morgan fingerprint density at radius 3 is 2.70 bits per heavy atom. The minimum atomic E-state index is -0.0462. The summed E-state index contributed by atoms with van der Waals surface area (Å²) in [7, 11) is 0. The first-order valence-corrected chi connectivity index (χ1v) is 7.33. The van der Waals surface area contributed by atoms with E-state index in [1.807, 2.05) is 24.3 Å². The third-order valence-corrected chi connectivity index (χ3v) is 3.41. The van der Waals surface area contributed by atoms with Gasteiger partial charge >= 0.3 is 0 Å². The zero-order chi connectivity index (χ0) is 14.6. The zero-order valence-corrected chi connectivity index (χ0v) is 12.8. The van der Waals surface area contributed by atoms with E-state index in [1.165, 1.54) is 0 Å². The van der Waals surface area contributed by atoms with Gasteiger partial charge in [-0.3, -0.25) is 4.90 Å². The van der Waals surface area contributed by atoms with Crippen LogP contribution in [0.4, 0.5) is 5.69 Å². The van der Waals surface area contributed by atoms with E-state index in [9.17, 15) is 0 Å². The highest BCUT2D eigenvalue weighted by Crippen LogP contribution is 2.20. The van der Waals surface area contributed by atoms with Crippen LogP contribution in [0.2, 0.25) is 0 Å². The Labute approximate surface area is 121 Å². The Hall–Kier alpha value is -1.26. The van der Waals surface area contributed by atoms with Crippen molar-refractivity contribution in [3.63, 3.8) is 0 Å². The van der Waals surface area contributed by atoms with Gasteiger partial charge in [0, 0.05) is 25.3 Å². The van der Waals surface area contributed by atoms with Crippen LogP contribution in [0.1, 0.15) is 27.2 Å². The SMILES string of the molecule is CC1CN(CCCOc2ccc(N)cc2)CC(C)(C)O1. The summed E-state index contributed by atoms with van der Waals surface area (Å²) in [6.07, 6.45) is 1.32. The van der Waals surface area contributed by atoms with Crippen molar-refractivity contribution in [3.8, 4) is 5.75 Å². The van der Waals surface area contributed by atoms with E-state index < -0.39 is 0 Å². The molecular weight excluding hydrogens is 252 g/mol. The first kappa shape index (κ1) is 15.1. The standard InChI is InChI=1S/C16H26N2O2/c1-13-11-18(12-16(2,3)20-13)9-4-10-19-15-7-5-14(17)6-8-15/h5-8,13H,4,9-12,17H2,1-3H3. The lowest BCUT2D eigenvalue weighted by molar-refractivity contribution is -0.129. The number of morpholine rings is 1. The first-order valence-electron chi connectivity index (χ1n) is 7.33. The Morgan fingerprint density at radius 1 is 1.35 bits per heavy atom. The van der Waals surface area contributed by atoms with Crippen molar-refractivity contribution < 1.29 is 9.47 Å². The van der Waals surface area contributed by atoms with Crippen LogP contribution in [0, 0.1) is 0 Å². The maximum absolute atomic E-state index is 5.91. The lowest BCUT2D eigenvalue weighted by Crippen LogP contribution is -2.52. The van der Waals surface area contributed by atoms with E-state index in [1.54, 1.807) is 0 Å². The number of rotatable bonds is 5. The molecule has 0 saturated carbocycles. The molecule has 1 atom stereocenters. The minimum absolute atomic E-state index is 0.0462. The molecule has 20 heavy (non-hydrogen) atoms. The highest BCUT2D eigenvalue weighted by molar-refractivity contribution is 5.41. The molecule has 0 bridgehead atoms. The smallest absolute Gasteiger partial charge is 0.119 e. The van der Waals surface area contributed by atoms with Gasteiger partial charge in [-0.05, 0) is 51.5 Å². The number of benzene rings is 1. The van der Waals surface area contributed by atoms with Crippen LogP contribution in [-0.2, 0) is 4.74 Å². The van der Waals surface area contributed by atoms with Crippen molar-refractivity contribution >= 4 is 5.69 Å². The molecule has 4 heteroatoms. The van der Waals surface area contributed by atoms with Crippen molar-refractivity contribution in [1.29, 1.82) is 0 Å². The third-order valence-electron chi connectivity index (χ3n) is 3.41. The number of hydrogen-bond donors (Lipinski definition) is 1. The molecule has 4 nitrogen and oxygen atoms in total. The molecule has 0 aromatic heterocycles. The molecule has 2 N–H and O–H groups in total. The van der Waals surface area contributed by atoms with Crippen LogP contribution in [-0.4, -0.2) is 42.8 Å². The molecule has 0 spiro atoms. The number of nitrogens with two attached hydrogens (primary N) is 1. The average molecular weight is 278 g/mol. The zero-order valence-electron chi connectivity index (χ0n) is 12.8. The Bertz CT molecular complexity index is 417. The fourth-order valence-corrected chi connectivity index (χ4v) is 2.80. The molecule has 2 rings (SSSR count). The second kappa shape index (κ2) is 6.46. The second-order valence-corrected chi connectivity index (χ2v) is 6.19. The van der Waals surface area contributed by atoms with E-state index in [-0.39, 0.29) is 5.60 Å². The fraction of sp³-hybridized carbons (Fsp3) is 0.625. The van der Waals surface area contributed by atoms with Crippen molar-refractivity contribution in [2.24, 2.45) is 0 Å². The summed E-state index contributed by atoms with van der Waals surface area (Å²) < 4.78 is 11.6. The quantitative estimate of drug-likeness (QED) is 0.664. The summed E-state index contributed by atoms with van der Waals surface area (Å²) in [5.74, 6) is 0.884. The van der Waals surface area contributed by atoms with Gasteiger partial charge in [-0.2, -0.15) is 0 Å². The maximum Gasteiger partial charge on any atom is 0.119 e. The number of hydrogen-bond acceptors (Lipinski definition) is 4. The van der Waals surface area contributed by atoms with Crippen molar-refractivity contribution in [3.05, 3.63) is 24.3 Å². The predicted octanol–water partition coefficient (Wildman–Crippen LogP) is 2.54. The molecule has 1 aromatic carbocycles. The van der Waals surface area contributed by atoms with E-state index in [2.05, 4.69) is 25.7 Å². The molecule has 112 valence electrons. The largest absolute Gasteiger partial charge is 0.494 e. The molecule has 0 aliphatic carbocycles. The van der Waals surface area contributed by atoms with Gasteiger partial charge < -0.3 is 15.2 Å². The molecule has 1 aliphatic heterocycles. The highest BCUT2D eigenvalue weighted by atomic mass is 16.5. The van der Waals surface area contributed by atoms with Gasteiger partial charge in [-0.15, -0.1) is 0 Å². The van der Waals surface area contributed by atoms with Gasteiger partial charge in [0.05, 0.1) is 18.3 Å². The lowest BCUT2D eigenvalue weighted by atomic mass is 10.1. The van der Waals surface area contributed by atoms with Crippen LogP contribution in [0.25, 0.3) is 0 Å². The van der Waals surface area contributed by atoms with Crippen LogP contribution >= 0.6 is 0 Å². The van der Waals surface area contributed by atoms with Crippen molar-refractivity contribution in [2.75, 3.05) is 32.0 Å². The maximum atomic E-state index is 5.91. The predicted molar refractivity (Wildman–Crippen MR) is 82.0 cm³/mol. The topological polar surface area (TPSA) is 47.7 Å².